The Morgan fingerprint density at radius 2 is 0.421 bits per heavy atom. The minimum absolute atomic E-state index is 0.00903. The fraction of sp³-hybridized carbons (Fsp3) is 0.422. The highest BCUT2D eigenvalue weighted by molar-refractivity contribution is 5.80. The molecular weight excluding hydrogens is 1380 g/mol. The summed E-state index contributed by atoms with van der Waals surface area (Å²) in [6.45, 7) is 14.3. The van der Waals surface area contributed by atoms with Crippen LogP contribution in [0.1, 0.15) is 216 Å². The van der Waals surface area contributed by atoms with Crippen molar-refractivity contribution >= 4 is 71.6 Å². The van der Waals surface area contributed by atoms with Gasteiger partial charge in [-0.05, 0) is 190 Å². The zero-order chi connectivity index (χ0) is 78.6. The lowest BCUT2D eigenvalue weighted by atomic mass is 9.80. The van der Waals surface area contributed by atoms with Gasteiger partial charge in [-0.15, -0.1) is 0 Å². The van der Waals surface area contributed by atoms with Crippen molar-refractivity contribution in [3.8, 4) is 34.5 Å². The highest BCUT2D eigenvalue weighted by Crippen LogP contribution is 2.46. The van der Waals surface area contributed by atoms with Gasteiger partial charge in [-0.1, -0.05) is 72.8 Å². The molecule has 0 bridgehead atoms. The number of carbonyl (C=O) groups is 12. The highest BCUT2D eigenvalue weighted by atomic mass is 16.6. The monoisotopic (exact) mass is 1480 g/mol. The summed E-state index contributed by atoms with van der Waals surface area (Å²) in [5.74, 6) is -6.72. The normalized spacial score (nSPS) is 10.9. The number of ether oxygens (including phenoxy) is 12. The first kappa shape index (κ1) is 84.9. The number of hydrogen-bond donors (Lipinski definition) is 0. The molecule has 572 valence electrons. The van der Waals surface area contributed by atoms with Gasteiger partial charge in [-0.3, -0.25) is 57.5 Å². The lowest BCUT2D eigenvalue weighted by Gasteiger charge is -2.26. The van der Waals surface area contributed by atoms with Gasteiger partial charge in [0.15, 0.2) is 0 Å². The standard InChI is InChI=1S/C83H96O24/c1-48-37-58(38-49(2)80(48)104-74(92)29-17-23-68(86)98-11)78(59-39-50(3)81(51(4)40-59)105-75(93)30-18-24-69(87)99-12)62-46-56(33-35-64(62)102-72(90)27-15-21-66(84)96-9)45-57-34-36-65(103-73(91)28-16-22-67(85)97-10)63(47-57)79(60-41-52(5)82(53(6)42-60)106-76(94)31-19-25-70(88)100-13)61-43-54(7)83(55(8)44-61)107-77(95)32-20-26-71(89)101-14/h33-44,46-47,78-79H,15-32,45H2,1-14H3. The number of carbonyl (C=O) groups excluding carboxylic acids is 12. The summed E-state index contributed by atoms with van der Waals surface area (Å²) >= 11 is 0. The number of hydrogen-bond acceptors (Lipinski definition) is 24. The highest BCUT2D eigenvalue weighted by Gasteiger charge is 2.31. The first-order valence-corrected chi connectivity index (χ1v) is 35.3. The zero-order valence-corrected chi connectivity index (χ0v) is 63.5. The van der Waals surface area contributed by atoms with Crippen molar-refractivity contribution in [1.29, 1.82) is 0 Å². The molecule has 0 spiro atoms. The molecule has 0 unspecified atom stereocenters. The SMILES string of the molecule is COC(=O)CCCC(=O)Oc1ccc(Cc2ccc(OC(=O)CCCC(=O)OC)c(C(c3cc(C)c(OC(=O)CCCC(=O)OC)c(C)c3)c3cc(C)c(OC(=O)CCCC(=O)OC)c(C)c3)c2)cc1C(c1cc(C)c(OC(=O)CCCC(=O)OC)c(C)c1)c1cc(C)c(OC(=O)CCCC(=O)OC)c(C)c1. The molecule has 107 heavy (non-hydrogen) atoms. The first-order chi connectivity index (χ1) is 51.0. The predicted molar refractivity (Wildman–Crippen MR) is 390 cm³/mol. The van der Waals surface area contributed by atoms with Crippen molar-refractivity contribution in [2.45, 2.75) is 189 Å². The van der Waals surface area contributed by atoms with E-state index in [0.717, 1.165) is 0 Å². The minimum Gasteiger partial charge on any atom is -0.469 e. The van der Waals surface area contributed by atoms with Crippen molar-refractivity contribution in [1.82, 2.24) is 0 Å². The summed E-state index contributed by atoms with van der Waals surface area (Å²) < 4.78 is 65.3. The van der Waals surface area contributed by atoms with Crippen LogP contribution in [0.4, 0.5) is 0 Å². The Labute approximate surface area is 623 Å². The molecule has 6 rings (SSSR count). The van der Waals surface area contributed by atoms with Gasteiger partial charge in [0.2, 0.25) is 0 Å². The lowest BCUT2D eigenvalue weighted by molar-refractivity contribution is -0.142. The van der Waals surface area contributed by atoms with Crippen molar-refractivity contribution in [3.05, 3.63) is 174 Å². The van der Waals surface area contributed by atoms with Crippen LogP contribution in [0.2, 0.25) is 0 Å². The topological polar surface area (TPSA) is 316 Å². The van der Waals surface area contributed by atoms with E-state index in [0.29, 0.717) is 89.0 Å². The van der Waals surface area contributed by atoms with E-state index in [1.54, 1.807) is 79.7 Å². The third-order valence-corrected chi connectivity index (χ3v) is 17.7. The molecular formula is C83H96O24. The molecule has 6 aromatic rings. The molecule has 24 nitrogen and oxygen atoms in total. The van der Waals surface area contributed by atoms with Crippen LogP contribution in [0.15, 0.2) is 84.9 Å². The van der Waals surface area contributed by atoms with Crippen LogP contribution in [-0.2, 0) is 92.4 Å². The largest absolute Gasteiger partial charge is 0.469 e. The third kappa shape index (κ3) is 25.6. The van der Waals surface area contributed by atoms with E-state index in [1.165, 1.54) is 42.7 Å². The van der Waals surface area contributed by atoms with Gasteiger partial charge in [0.25, 0.3) is 0 Å². The Balaban J connectivity index is 1.62. The molecule has 0 N–H and O–H groups in total. The second-order valence-electron chi connectivity index (χ2n) is 26.1. The van der Waals surface area contributed by atoms with E-state index in [1.807, 2.05) is 60.7 Å². The summed E-state index contributed by atoms with van der Waals surface area (Å²) in [6.07, 6.45) is 0.439. The first-order valence-electron chi connectivity index (χ1n) is 35.3. The van der Waals surface area contributed by atoms with E-state index in [2.05, 4.69) is 0 Å². The van der Waals surface area contributed by atoms with Crippen LogP contribution in [0.5, 0.6) is 34.5 Å². The molecule has 24 heteroatoms. The van der Waals surface area contributed by atoms with Gasteiger partial charge in [-0.25, -0.2) is 0 Å². The molecule has 0 aliphatic carbocycles. The lowest BCUT2D eigenvalue weighted by Crippen LogP contribution is -2.15. The Morgan fingerprint density at radius 1 is 0.243 bits per heavy atom. The van der Waals surface area contributed by atoms with Gasteiger partial charge in [0, 0.05) is 100 Å². The van der Waals surface area contributed by atoms with Gasteiger partial charge in [-0.2, -0.15) is 0 Å². The Hall–Kier alpha value is -11.0. The second-order valence-corrected chi connectivity index (χ2v) is 26.1. The maximum Gasteiger partial charge on any atom is 0.311 e. The summed E-state index contributed by atoms with van der Waals surface area (Å²) in [6, 6.07) is 25.6. The molecule has 0 aromatic heterocycles. The van der Waals surface area contributed by atoms with Crippen LogP contribution < -0.4 is 28.4 Å². The molecule has 0 radical (unpaired) electrons. The Bertz CT molecular complexity index is 3730. The molecule has 0 saturated heterocycles. The number of aryl methyl sites for hydroxylation is 8. The van der Waals surface area contributed by atoms with Crippen LogP contribution in [0.3, 0.4) is 0 Å². The van der Waals surface area contributed by atoms with Crippen molar-refractivity contribution in [2.24, 2.45) is 0 Å². The molecule has 0 fully saturated rings. The van der Waals surface area contributed by atoms with Crippen LogP contribution in [-0.4, -0.2) is 114 Å². The van der Waals surface area contributed by atoms with Crippen LogP contribution >= 0.6 is 0 Å². The summed E-state index contributed by atoms with van der Waals surface area (Å²) in [5.41, 5.74) is 9.36. The van der Waals surface area contributed by atoms with E-state index < -0.39 is 83.5 Å². The predicted octanol–water partition coefficient (Wildman–Crippen LogP) is 13.6. The third-order valence-electron chi connectivity index (χ3n) is 17.7. The molecule has 0 aliphatic rings. The van der Waals surface area contributed by atoms with E-state index in [-0.39, 0.29) is 156 Å². The zero-order valence-electron chi connectivity index (χ0n) is 63.5. The maximum absolute atomic E-state index is 14.1. The van der Waals surface area contributed by atoms with E-state index in [4.69, 9.17) is 56.8 Å². The van der Waals surface area contributed by atoms with Crippen molar-refractivity contribution in [3.63, 3.8) is 0 Å². The number of benzene rings is 6. The van der Waals surface area contributed by atoms with Crippen LogP contribution in [0.25, 0.3) is 0 Å². The Morgan fingerprint density at radius 3 is 0.607 bits per heavy atom. The number of rotatable bonds is 38. The number of methoxy groups -OCH3 is 6. The number of esters is 12. The van der Waals surface area contributed by atoms with Gasteiger partial charge >= 0.3 is 71.6 Å². The van der Waals surface area contributed by atoms with Crippen LogP contribution in [0, 0.1) is 55.4 Å². The summed E-state index contributed by atoms with van der Waals surface area (Å²) in [5, 5.41) is 0. The summed E-state index contributed by atoms with van der Waals surface area (Å²) in [7, 11) is 7.56. The summed E-state index contributed by atoms with van der Waals surface area (Å²) in [4.78, 5) is 154. The van der Waals surface area contributed by atoms with E-state index >= 15 is 0 Å². The minimum atomic E-state index is -0.819. The average Bonchev–Trinajstić information content (AvgIpc) is 0.771. The molecule has 0 saturated carbocycles. The molecule has 0 aliphatic heterocycles. The van der Waals surface area contributed by atoms with Gasteiger partial charge in [0.05, 0.1) is 42.7 Å². The molecule has 0 heterocycles. The molecule has 6 aromatic carbocycles. The maximum atomic E-state index is 14.1. The van der Waals surface area contributed by atoms with E-state index in [9.17, 15) is 57.5 Å². The van der Waals surface area contributed by atoms with Gasteiger partial charge < -0.3 is 56.8 Å². The van der Waals surface area contributed by atoms with Crippen molar-refractivity contribution < 1.29 is 114 Å². The quantitative estimate of drug-likeness (QED) is 0.0150. The second kappa shape index (κ2) is 41.6. The van der Waals surface area contributed by atoms with Crippen molar-refractivity contribution in [2.75, 3.05) is 42.7 Å². The fourth-order valence-electron chi connectivity index (χ4n) is 12.5. The average molecular weight is 1480 g/mol. The smallest absolute Gasteiger partial charge is 0.311 e. The van der Waals surface area contributed by atoms with Gasteiger partial charge in [0.1, 0.15) is 34.5 Å². The fourth-order valence-corrected chi connectivity index (χ4v) is 12.5. The Kier molecular flexibility index (Phi) is 33.0. The molecule has 0 amide bonds. The molecule has 0 atom stereocenters.